The van der Waals surface area contributed by atoms with Gasteiger partial charge in [0, 0.05) is 12.7 Å². The van der Waals surface area contributed by atoms with Crippen molar-refractivity contribution in [2.24, 2.45) is 0 Å². The molecule has 140 valence electrons. The summed E-state index contributed by atoms with van der Waals surface area (Å²) in [6.45, 7) is 0.885. The highest BCUT2D eigenvalue weighted by molar-refractivity contribution is 6.42. The molecule has 1 fully saturated rings. The van der Waals surface area contributed by atoms with Crippen LogP contribution in [0.2, 0.25) is 10.0 Å². The zero-order chi connectivity index (χ0) is 19.1. The Morgan fingerprint density at radius 1 is 1.22 bits per heavy atom. The van der Waals surface area contributed by atoms with E-state index in [-0.39, 0.29) is 30.1 Å². The van der Waals surface area contributed by atoms with Crippen LogP contribution in [-0.4, -0.2) is 41.2 Å². The summed E-state index contributed by atoms with van der Waals surface area (Å²) in [5.74, 6) is -0.831. The Balaban J connectivity index is 1.41. The fraction of sp³-hybridized carbons (Fsp3) is 0.300. The van der Waals surface area contributed by atoms with Crippen LogP contribution in [0.25, 0.3) is 0 Å². The lowest BCUT2D eigenvalue weighted by atomic mass is 9.98. The van der Waals surface area contributed by atoms with Crippen LogP contribution in [0, 0.1) is 0 Å². The minimum absolute atomic E-state index is 0.0175. The van der Waals surface area contributed by atoms with Crippen molar-refractivity contribution in [3.8, 4) is 0 Å². The second-order valence-corrected chi connectivity index (χ2v) is 7.73. The topological polar surface area (TPSA) is 40.6 Å². The number of carbonyl (C=O) groups is 2. The molecule has 1 unspecified atom stereocenters. The fourth-order valence-corrected chi connectivity index (χ4v) is 4.01. The highest BCUT2D eigenvalue weighted by Gasteiger charge is 2.35. The maximum atomic E-state index is 13.4. The summed E-state index contributed by atoms with van der Waals surface area (Å²) in [5, 5.41) is 0.860. The molecule has 0 aromatic heterocycles. The van der Waals surface area contributed by atoms with Crippen LogP contribution >= 0.6 is 23.2 Å². The van der Waals surface area contributed by atoms with E-state index in [4.69, 9.17) is 23.2 Å². The van der Waals surface area contributed by atoms with E-state index in [2.05, 4.69) is 0 Å². The number of hydrogen-bond donors (Lipinski definition) is 0. The van der Waals surface area contributed by atoms with Crippen molar-refractivity contribution in [3.63, 3.8) is 0 Å². The van der Waals surface area contributed by atoms with E-state index in [1.54, 1.807) is 34.2 Å². The zero-order valence-electron chi connectivity index (χ0n) is 14.4. The molecule has 2 aliphatic heterocycles. The van der Waals surface area contributed by atoms with E-state index < -0.39 is 0 Å². The molecule has 1 aliphatic carbocycles. The van der Waals surface area contributed by atoms with E-state index in [0.29, 0.717) is 36.0 Å². The summed E-state index contributed by atoms with van der Waals surface area (Å²) in [6, 6.07) is 5.19. The first-order valence-corrected chi connectivity index (χ1v) is 9.48. The van der Waals surface area contributed by atoms with Crippen LogP contribution in [0.4, 0.5) is 4.39 Å². The maximum absolute atomic E-state index is 13.4. The molecule has 4 nitrogen and oxygen atoms in total. The van der Waals surface area contributed by atoms with Crippen molar-refractivity contribution in [1.82, 2.24) is 9.80 Å². The maximum Gasteiger partial charge on any atom is 0.246 e. The standard InChI is InChI=1S/C20H17Cl2FN2O2/c21-17-4-2-12(8-18(17)22)16-5-6-24(20(16)27)11-19(26)25-9-13-1-3-15(23)7-14(13)10-25/h2-4,7-9,16H,1,5-6,10-11H2. The third-order valence-corrected chi connectivity index (χ3v) is 5.92. The number of allylic oxidation sites excluding steroid dienone is 3. The molecular weight excluding hydrogens is 390 g/mol. The van der Waals surface area contributed by atoms with Crippen molar-refractivity contribution in [1.29, 1.82) is 0 Å². The van der Waals surface area contributed by atoms with Gasteiger partial charge in [0.05, 0.1) is 22.5 Å². The Labute approximate surface area is 166 Å². The summed E-state index contributed by atoms with van der Waals surface area (Å²) in [5.41, 5.74) is 2.58. The average molecular weight is 407 g/mol. The van der Waals surface area contributed by atoms with E-state index in [1.807, 2.05) is 0 Å². The molecule has 1 atom stereocenters. The van der Waals surface area contributed by atoms with Gasteiger partial charge in [0.2, 0.25) is 11.8 Å². The molecule has 7 heteroatoms. The second kappa shape index (κ2) is 7.13. The number of benzene rings is 1. The fourth-order valence-electron chi connectivity index (χ4n) is 3.71. The summed E-state index contributed by atoms with van der Waals surface area (Å²) < 4.78 is 13.4. The minimum Gasteiger partial charge on any atom is -0.333 e. The van der Waals surface area contributed by atoms with Gasteiger partial charge in [0.25, 0.3) is 0 Å². The molecule has 2 heterocycles. The van der Waals surface area contributed by atoms with Gasteiger partial charge < -0.3 is 9.80 Å². The molecule has 0 radical (unpaired) electrons. The van der Waals surface area contributed by atoms with Crippen molar-refractivity contribution in [3.05, 3.63) is 69.1 Å². The minimum atomic E-state index is -0.312. The second-order valence-electron chi connectivity index (χ2n) is 6.91. The van der Waals surface area contributed by atoms with Gasteiger partial charge in [-0.1, -0.05) is 29.3 Å². The molecule has 27 heavy (non-hydrogen) atoms. The molecule has 2 amide bonds. The first-order valence-electron chi connectivity index (χ1n) is 8.73. The Morgan fingerprint density at radius 3 is 2.81 bits per heavy atom. The SMILES string of the molecule is O=C(CN1CCC(c2ccc(Cl)c(Cl)c2)C1=O)N1C=C2CC=C(F)C=C2C1. The summed E-state index contributed by atoms with van der Waals surface area (Å²) >= 11 is 12.0. The van der Waals surface area contributed by atoms with Crippen molar-refractivity contribution >= 4 is 35.0 Å². The molecule has 1 saturated heterocycles. The quantitative estimate of drug-likeness (QED) is 0.753. The van der Waals surface area contributed by atoms with Crippen molar-refractivity contribution in [2.75, 3.05) is 19.6 Å². The van der Waals surface area contributed by atoms with Gasteiger partial charge in [-0.05, 0) is 53.8 Å². The molecule has 0 spiro atoms. The van der Waals surface area contributed by atoms with Gasteiger partial charge in [-0.25, -0.2) is 4.39 Å². The van der Waals surface area contributed by atoms with Gasteiger partial charge in [0.1, 0.15) is 12.4 Å². The molecule has 4 rings (SSSR count). The molecule has 0 bridgehead atoms. The third-order valence-electron chi connectivity index (χ3n) is 5.18. The largest absolute Gasteiger partial charge is 0.333 e. The van der Waals surface area contributed by atoms with E-state index in [9.17, 15) is 14.0 Å². The van der Waals surface area contributed by atoms with Gasteiger partial charge in [-0.15, -0.1) is 0 Å². The number of carbonyl (C=O) groups excluding carboxylic acids is 2. The lowest BCUT2D eigenvalue weighted by Crippen LogP contribution is -2.38. The van der Waals surface area contributed by atoms with Crippen LogP contribution in [-0.2, 0) is 9.59 Å². The Bertz CT molecular complexity index is 923. The molecule has 3 aliphatic rings. The number of amides is 2. The summed E-state index contributed by atoms with van der Waals surface area (Å²) in [6.07, 6.45) is 5.84. The predicted molar refractivity (Wildman–Crippen MR) is 102 cm³/mol. The van der Waals surface area contributed by atoms with Crippen LogP contribution in [0.15, 0.2) is 53.5 Å². The summed E-state index contributed by atoms with van der Waals surface area (Å²) in [7, 11) is 0. The number of halogens is 3. The normalized spacial score (nSPS) is 21.8. The highest BCUT2D eigenvalue weighted by Crippen LogP contribution is 2.33. The lowest BCUT2D eigenvalue weighted by molar-refractivity contribution is -0.137. The Hall–Kier alpha value is -2.11. The smallest absolute Gasteiger partial charge is 0.246 e. The Kier molecular flexibility index (Phi) is 4.82. The van der Waals surface area contributed by atoms with Crippen LogP contribution in [0.1, 0.15) is 24.3 Å². The van der Waals surface area contributed by atoms with Crippen molar-refractivity contribution < 1.29 is 14.0 Å². The molecule has 0 N–H and O–H groups in total. The molecule has 0 saturated carbocycles. The number of rotatable bonds is 3. The van der Waals surface area contributed by atoms with E-state index in [0.717, 1.165) is 16.7 Å². The zero-order valence-corrected chi connectivity index (χ0v) is 15.9. The first kappa shape index (κ1) is 18.3. The van der Waals surface area contributed by atoms with E-state index >= 15 is 0 Å². The predicted octanol–water partition coefficient (Wildman–Crippen LogP) is 4.22. The first-order chi connectivity index (χ1) is 12.9. The van der Waals surface area contributed by atoms with Gasteiger partial charge in [-0.3, -0.25) is 9.59 Å². The third kappa shape index (κ3) is 3.54. The van der Waals surface area contributed by atoms with Crippen LogP contribution < -0.4 is 0 Å². The van der Waals surface area contributed by atoms with Crippen LogP contribution in [0.3, 0.4) is 0 Å². The number of likely N-dealkylation sites (tertiary alicyclic amines) is 1. The monoisotopic (exact) mass is 406 g/mol. The lowest BCUT2D eigenvalue weighted by Gasteiger charge is -2.20. The molecular formula is C20H17Cl2FN2O2. The number of fused-ring (bicyclic) bond motifs is 1. The van der Waals surface area contributed by atoms with Gasteiger partial charge in [0.15, 0.2) is 0 Å². The molecule has 1 aromatic carbocycles. The van der Waals surface area contributed by atoms with Crippen LogP contribution in [0.5, 0.6) is 0 Å². The van der Waals surface area contributed by atoms with Gasteiger partial charge >= 0.3 is 0 Å². The summed E-state index contributed by atoms with van der Waals surface area (Å²) in [4.78, 5) is 28.5. The average Bonchev–Trinajstić information content (AvgIpc) is 3.21. The van der Waals surface area contributed by atoms with E-state index in [1.165, 1.54) is 12.2 Å². The number of hydrogen-bond acceptors (Lipinski definition) is 2. The molecule has 1 aromatic rings. The Morgan fingerprint density at radius 2 is 2.04 bits per heavy atom. The number of nitrogens with zero attached hydrogens (tertiary/aromatic N) is 2. The van der Waals surface area contributed by atoms with Gasteiger partial charge in [-0.2, -0.15) is 0 Å². The van der Waals surface area contributed by atoms with Crippen molar-refractivity contribution in [2.45, 2.75) is 18.8 Å². The highest BCUT2D eigenvalue weighted by atomic mass is 35.5.